The summed E-state index contributed by atoms with van der Waals surface area (Å²) in [5.41, 5.74) is 1.94. The van der Waals surface area contributed by atoms with Crippen LogP contribution in [0.1, 0.15) is 18.3 Å². The van der Waals surface area contributed by atoms with Gasteiger partial charge in [-0.2, -0.15) is 0 Å². The number of aliphatic imine (C=N–C) groups is 1. The number of nitrogens with one attached hydrogen (secondary N) is 2. The molecule has 1 aromatic carbocycles. The number of hydrogen-bond donors (Lipinski definition) is 2. The Kier molecular flexibility index (Phi) is 5.72. The maximum Gasteiger partial charge on any atom is 0.191 e. The molecule has 2 N–H and O–H groups in total. The number of pyridine rings is 1. The monoisotopic (exact) mass is 340 g/mol. The van der Waals surface area contributed by atoms with Crippen molar-refractivity contribution < 1.29 is 9.47 Å². The van der Waals surface area contributed by atoms with E-state index in [1.165, 1.54) is 0 Å². The number of ether oxygens (including phenoxy) is 2. The molecule has 2 aromatic rings. The molecule has 0 spiro atoms. The van der Waals surface area contributed by atoms with Crippen molar-refractivity contribution >= 4 is 5.96 Å². The molecule has 6 nitrogen and oxygen atoms in total. The van der Waals surface area contributed by atoms with E-state index in [2.05, 4.69) is 20.6 Å². The number of para-hydroxylation sites is 2. The first-order valence-corrected chi connectivity index (χ1v) is 8.58. The number of nitrogens with zero attached hydrogens (tertiary/aromatic N) is 2. The largest absolute Gasteiger partial charge is 0.486 e. The minimum absolute atomic E-state index is 0.0594. The second kappa shape index (κ2) is 8.37. The van der Waals surface area contributed by atoms with E-state index in [9.17, 15) is 0 Å². The molecule has 1 unspecified atom stereocenters. The molecule has 0 aliphatic carbocycles. The molecule has 1 atom stereocenters. The lowest BCUT2D eigenvalue weighted by atomic mass is 10.2. The topological polar surface area (TPSA) is 67.8 Å². The molecule has 25 heavy (non-hydrogen) atoms. The highest BCUT2D eigenvalue weighted by atomic mass is 16.6. The van der Waals surface area contributed by atoms with Crippen LogP contribution in [0.4, 0.5) is 0 Å². The first kappa shape index (κ1) is 17.1. The van der Waals surface area contributed by atoms with Gasteiger partial charge < -0.3 is 20.1 Å². The van der Waals surface area contributed by atoms with Gasteiger partial charge in [0, 0.05) is 12.2 Å². The van der Waals surface area contributed by atoms with E-state index in [0.717, 1.165) is 35.4 Å². The second-order valence-corrected chi connectivity index (χ2v) is 5.84. The zero-order valence-electron chi connectivity index (χ0n) is 14.7. The highest BCUT2D eigenvalue weighted by Gasteiger charge is 2.20. The summed E-state index contributed by atoms with van der Waals surface area (Å²) in [6.45, 7) is 6.47. The van der Waals surface area contributed by atoms with E-state index >= 15 is 0 Å². The fourth-order valence-corrected chi connectivity index (χ4v) is 2.56. The number of rotatable bonds is 5. The molecule has 1 aliphatic rings. The number of benzene rings is 1. The van der Waals surface area contributed by atoms with Crippen LogP contribution >= 0.6 is 0 Å². The van der Waals surface area contributed by atoms with Crippen LogP contribution in [0.2, 0.25) is 0 Å². The summed E-state index contributed by atoms with van der Waals surface area (Å²) in [7, 11) is 0. The Labute approximate surface area is 148 Å². The van der Waals surface area contributed by atoms with E-state index in [-0.39, 0.29) is 6.10 Å². The molecule has 0 saturated heterocycles. The summed E-state index contributed by atoms with van der Waals surface area (Å²) in [6.07, 6.45) is -0.0594. The summed E-state index contributed by atoms with van der Waals surface area (Å²) in [6, 6.07) is 13.7. The molecule has 0 amide bonds. The van der Waals surface area contributed by atoms with Crippen LogP contribution < -0.4 is 20.1 Å². The van der Waals surface area contributed by atoms with Crippen LogP contribution in [0, 0.1) is 6.92 Å². The van der Waals surface area contributed by atoms with Crippen molar-refractivity contribution in [2.24, 2.45) is 4.99 Å². The predicted molar refractivity (Wildman–Crippen MR) is 98.1 cm³/mol. The average molecular weight is 340 g/mol. The standard InChI is InChI=1S/C19H24N4O2/c1-3-20-19(21-11-15-8-6-7-14(2)23-15)22-12-16-13-24-17-9-4-5-10-18(17)25-16/h4-10,16H,3,11-13H2,1-2H3,(H2,20,21,22). The molecule has 1 aliphatic heterocycles. The van der Waals surface area contributed by atoms with Crippen LogP contribution in [0.3, 0.4) is 0 Å². The zero-order chi connectivity index (χ0) is 17.5. The summed E-state index contributed by atoms with van der Waals surface area (Å²) in [4.78, 5) is 9.06. The molecule has 2 heterocycles. The molecule has 3 rings (SSSR count). The Morgan fingerprint density at radius 1 is 1.16 bits per heavy atom. The number of hydrogen-bond acceptors (Lipinski definition) is 4. The summed E-state index contributed by atoms with van der Waals surface area (Å²) < 4.78 is 11.7. The van der Waals surface area contributed by atoms with Gasteiger partial charge >= 0.3 is 0 Å². The molecule has 0 radical (unpaired) electrons. The van der Waals surface area contributed by atoms with Gasteiger partial charge in [-0.1, -0.05) is 18.2 Å². The number of aromatic nitrogens is 1. The van der Waals surface area contributed by atoms with Crippen molar-refractivity contribution in [3.8, 4) is 11.5 Å². The van der Waals surface area contributed by atoms with Gasteiger partial charge in [-0.05, 0) is 38.1 Å². The third-order valence-corrected chi connectivity index (χ3v) is 3.75. The van der Waals surface area contributed by atoms with Crippen LogP contribution in [0.5, 0.6) is 11.5 Å². The number of aryl methyl sites for hydroxylation is 1. The SMILES string of the molecule is CCNC(=NCc1cccc(C)n1)NCC1COc2ccccc2O1. The Bertz CT molecular complexity index is 733. The van der Waals surface area contributed by atoms with Gasteiger partial charge in [0.2, 0.25) is 0 Å². The number of guanidine groups is 1. The summed E-state index contributed by atoms with van der Waals surface area (Å²) in [5.74, 6) is 2.32. The van der Waals surface area contributed by atoms with Crippen molar-refractivity contribution in [2.75, 3.05) is 19.7 Å². The van der Waals surface area contributed by atoms with Gasteiger partial charge in [-0.25, -0.2) is 4.99 Å². The lowest BCUT2D eigenvalue weighted by Gasteiger charge is -2.27. The fraction of sp³-hybridized carbons (Fsp3) is 0.368. The molecule has 6 heteroatoms. The van der Waals surface area contributed by atoms with E-state index in [1.54, 1.807) is 0 Å². The second-order valence-electron chi connectivity index (χ2n) is 5.84. The van der Waals surface area contributed by atoms with Crippen molar-refractivity contribution in [3.63, 3.8) is 0 Å². The third kappa shape index (κ3) is 4.86. The normalized spacial score (nSPS) is 16.4. The van der Waals surface area contributed by atoms with Gasteiger partial charge in [-0.3, -0.25) is 4.98 Å². The smallest absolute Gasteiger partial charge is 0.191 e. The van der Waals surface area contributed by atoms with Gasteiger partial charge in [-0.15, -0.1) is 0 Å². The lowest BCUT2D eigenvalue weighted by molar-refractivity contribution is 0.0936. The minimum atomic E-state index is -0.0594. The Morgan fingerprint density at radius 3 is 2.80 bits per heavy atom. The summed E-state index contributed by atoms with van der Waals surface area (Å²) in [5, 5.41) is 6.55. The Morgan fingerprint density at radius 2 is 2.00 bits per heavy atom. The minimum Gasteiger partial charge on any atom is -0.486 e. The van der Waals surface area contributed by atoms with Crippen LogP contribution in [0.25, 0.3) is 0 Å². The van der Waals surface area contributed by atoms with Gasteiger partial charge in [0.05, 0.1) is 18.8 Å². The van der Waals surface area contributed by atoms with Crippen LogP contribution in [0.15, 0.2) is 47.5 Å². The predicted octanol–water partition coefficient (Wildman–Crippen LogP) is 2.29. The van der Waals surface area contributed by atoms with Crippen molar-refractivity contribution in [2.45, 2.75) is 26.5 Å². The van der Waals surface area contributed by atoms with E-state index in [0.29, 0.717) is 19.7 Å². The van der Waals surface area contributed by atoms with Gasteiger partial charge in [0.1, 0.15) is 12.7 Å². The summed E-state index contributed by atoms with van der Waals surface area (Å²) >= 11 is 0. The van der Waals surface area contributed by atoms with Crippen molar-refractivity contribution in [3.05, 3.63) is 53.9 Å². The van der Waals surface area contributed by atoms with Gasteiger partial charge in [0.25, 0.3) is 0 Å². The molecule has 0 bridgehead atoms. The van der Waals surface area contributed by atoms with Crippen LogP contribution in [-0.4, -0.2) is 36.7 Å². The highest BCUT2D eigenvalue weighted by molar-refractivity contribution is 5.79. The van der Waals surface area contributed by atoms with Gasteiger partial charge in [0.15, 0.2) is 17.5 Å². The quantitative estimate of drug-likeness (QED) is 0.646. The highest BCUT2D eigenvalue weighted by Crippen LogP contribution is 2.30. The average Bonchev–Trinajstić information content (AvgIpc) is 2.64. The number of fused-ring (bicyclic) bond motifs is 1. The first-order chi connectivity index (χ1) is 12.2. The maximum absolute atomic E-state index is 5.96. The zero-order valence-corrected chi connectivity index (χ0v) is 14.7. The molecular formula is C19H24N4O2. The Balaban J connectivity index is 1.56. The maximum atomic E-state index is 5.96. The molecular weight excluding hydrogens is 316 g/mol. The molecule has 0 fully saturated rings. The molecule has 132 valence electrons. The first-order valence-electron chi connectivity index (χ1n) is 8.58. The molecule has 0 saturated carbocycles. The van der Waals surface area contributed by atoms with E-state index in [4.69, 9.17) is 9.47 Å². The lowest BCUT2D eigenvalue weighted by Crippen LogP contribution is -2.45. The van der Waals surface area contributed by atoms with Crippen molar-refractivity contribution in [1.82, 2.24) is 15.6 Å². The van der Waals surface area contributed by atoms with Crippen molar-refractivity contribution in [1.29, 1.82) is 0 Å². The molecule has 1 aromatic heterocycles. The van der Waals surface area contributed by atoms with Crippen LogP contribution in [-0.2, 0) is 6.54 Å². The third-order valence-electron chi connectivity index (χ3n) is 3.75. The van der Waals surface area contributed by atoms with E-state index in [1.807, 2.05) is 56.3 Å². The fourth-order valence-electron chi connectivity index (χ4n) is 2.56. The van der Waals surface area contributed by atoms with E-state index < -0.39 is 0 Å². The Hall–Kier alpha value is -2.76.